The number of carbonyl (C=O) groups is 1. The number of hydrogen-bond donors (Lipinski definition) is 0. The summed E-state index contributed by atoms with van der Waals surface area (Å²) in [7, 11) is 1.86. The summed E-state index contributed by atoms with van der Waals surface area (Å²) >= 11 is 1.64. The van der Waals surface area contributed by atoms with Gasteiger partial charge in [-0.15, -0.1) is 11.3 Å². The van der Waals surface area contributed by atoms with Crippen molar-refractivity contribution in [2.45, 2.75) is 99.6 Å². The SMILES string of the molecule is CC(=N/C(C(=O)N(C)C(C)(C)C)=C(\C)CCc1cc(C(C)C)c(OC(C)C)cc1C)c1cccs1. The summed E-state index contributed by atoms with van der Waals surface area (Å²) in [5.41, 5.74) is 5.89. The molecule has 2 rings (SSSR count). The molecule has 1 aromatic carbocycles. The van der Waals surface area contributed by atoms with Gasteiger partial charge >= 0.3 is 0 Å². The minimum atomic E-state index is -0.288. The minimum absolute atomic E-state index is 0.0359. The van der Waals surface area contributed by atoms with Crippen LogP contribution in [-0.4, -0.2) is 35.2 Å². The van der Waals surface area contributed by atoms with E-state index in [1.165, 1.54) is 16.7 Å². The minimum Gasteiger partial charge on any atom is -0.491 e. The molecule has 5 heteroatoms. The average molecular weight is 497 g/mol. The molecular weight excluding hydrogens is 452 g/mol. The monoisotopic (exact) mass is 496 g/mol. The predicted octanol–water partition coefficient (Wildman–Crippen LogP) is 7.94. The molecule has 192 valence electrons. The molecular formula is C30H44N2O2S. The first kappa shape index (κ1) is 28.8. The van der Waals surface area contributed by atoms with E-state index < -0.39 is 0 Å². The van der Waals surface area contributed by atoms with Crippen molar-refractivity contribution in [3.63, 3.8) is 0 Å². The van der Waals surface area contributed by atoms with Crippen LogP contribution in [0.25, 0.3) is 0 Å². The van der Waals surface area contributed by atoms with E-state index in [2.05, 4.69) is 46.8 Å². The third kappa shape index (κ3) is 7.79. The highest BCUT2D eigenvalue weighted by Gasteiger charge is 2.26. The number of thiophene rings is 1. The van der Waals surface area contributed by atoms with Gasteiger partial charge in [0.2, 0.25) is 0 Å². The lowest BCUT2D eigenvalue weighted by Gasteiger charge is -2.32. The zero-order chi connectivity index (χ0) is 26.5. The first-order valence-corrected chi connectivity index (χ1v) is 13.5. The number of amides is 1. The molecule has 1 amide bonds. The van der Waals surface area contributed by atoms with Gasteiger partial charge in [-0.1, -0.05) is 26.0 Å². The van der Waals surface area contributed by atoms with Crippen molar-refractivity contribution in [2.75, 3.05) is 7.05 Å². The van der Waals surface area contributed by atoms with E-state index in [-0.39, 0.29) is 17.6 Å². The Labute approximate surface area is 217 Å². The maximum absolute atomic E-state index is 13.6. The Bertz CT molecular complexity index is 1070. The summed E-state index contributed by atoms with van der Waals surface area (Å²) < 4.78 is 6.10. The number of aryl methyl sites for hydroxylation is 2. The molecule has 0 aliphatic heterocycles. The molecule has 0 saturated carbocycles. The van der Waals surface area contributed by atoms with Crippen LogP contribution in [0, 0.1) is 6.92 Å². The molecule has 0 spiro atoms. The maximum Gasteiger partial charge on any atom is 0.272 e. The number of likely N-dealkylation sites (N-methyl/N-ethyl adjacent to an activating group) is 1. The van der Waals surface area contributed by atoms with Crippen LogP contribution in [0.2, 0.25) is 0 Å². The molecule has 0 unspecified atom stereocenters. The van der Waals surface area contributed by atoms with Gasteiger partial charge in [0.15, 0.2) is 0 Å². The molecule has 0 bridgehead atoms. The molecule has 0 fully saturated rings. The van der Waals surface area contributed by atoms with Gasteiger partial charge < -0.3 is 9.64 Å². The molecule has 0 atom stereocenters. The van der Waals surface area contributed by atoms with E-state index in [1.54, 1.807) is 16.2 Å². The lowest BCUT2D eigenvalue weighted by molar-refractivity contribution is -0.130. The van der Waals surface area contributed by atoms with Crippen molar-refractivity contribution in [3.8, 4) is 5.75 Å². The van der Waals surface area contributed by atoms with Crippen molar-refractivity contribution in [3.05, 3.63) is 62.5 Å². The highest BCUT2D eigenvalue weighted by Crippen LogP contribution is 2.32. The molecule has 0 saturated heterocycles. The maximum atomic E-state index is 13.6. The zero-order valence-corrected chi connectivity index (χ0v) is 24.4. The predicted molar refractivity (Wildman–Crippen MR) is 151 cm³/mol. The average Bonchev–Trinajstić information content (AvgIpc) is 3.29. The molecule has 0 aliphatic carbocycles. The van der Waals surface area contributed by atoms with Gasteiger partial charge in [0.25, 0.3) is 5.91 Å². The second-order valence-corrected chi connectivity index (χ2v) is 11.9. The largest absolute Gasteiger partial charge is 0.491 e. The summed E-state index contributed by atoms with van der Waals surface area (Å²) in [4.78, 5) is 21.3. The normalized spacial score (nSPS) is 13.3. The van der Waals surface area contributed by atoms with Crippen LogP contribution in [-0.2, 0) is 11.2 Å². The Kier molecular flexibility index (Phi) is 9.91. The van der Waals surface area contributed by atoms with Gasteiger partial charge in [-0.3, -0.25) is 4.79 Å². The number of hydrogen-bond acceptors (Lipinski definition) is 4. The van der Waals surface area contributed by atoms with Crippen molar-refractivity contribution in [1.82, 2.24) is 4.90 Å². The molecule has 35 heavy (non-hydrogen) atoms. The summed E-state index contributed by atoms with van der Waals surface area (Å²) in [5.74, 6) is 1.31. The molecule has 4 nitrogen and oxygen atoms in total. The number of rotatable bonds is 9. The lowest BCUT2D eigenvalue weighted by atomic mass is 9.93. The van der Waals surface area contributed by atoms with Crippen molar-refractivity contribution in [2.24, 2.45) is 4.99 Å². The zero-order valence-electron chi connectivity index (χ0n) is 23.6. The summed E-state index contributed by atoms with van der Waals surface area (Å²) in [6.07, 6.45) is 1.76. The van der Waals surface area contributed by atoms with Gasteiger partial charge in [-0.2, -0.15) is 0 Å². The number of carbonyl (C=O) groups excluding carboxylic acids is 1. The van der Waals surface area contributed by atoms with E-state index in [1.807, 2.05) is 59.2 Å². The second kappa shape index (κ2) is 12.0. The van der Waals surface area contributed by atoms with Crippen molar-refractivity contribution >= 4 is 23.0 Å². The van der Waals surface area contributed by atoms with Gasteiger partial charge in [0.1, 0.15) is 11.4 Å². The van der Waals surface area contributed by atoms with E-state index in [4.69, 9.17) is 9.73 Å². The van der Waals surface area contributed by atoms with Crippen LogP contribution in [0.1, 0.15) is 96.2 Å². The number of benzene rings is 1. The number of aliphatic imine (C=N–C) groups is 1. The Morgan fingerprint density at radius 3 is 2.31 bits per heavy atom. The van der Waals surface area contributed by atoms with Crippen LogP contribution in [0.3, 0.4) is 0 Å². The fraction of sp³-hybridized carbons (Fsp3) is 0.533. The summed E-state index contributed by atoms with van der Waals surface area (Å²) in [6.45, 7) is 20.8. The molecule has 2 aromatic rings. The van der Waals surface area contributed by atoms with Crippen LogP contribution in [0.4, 0.5) is 0 Å². The number of ether oxygens (including phenoxy) is 1. The van der Waals surface area contributed by atoms with Crippen LogP contribution in [0.15, 0.2) is 45.9 Å². The Morgan fingerprint density at radius 1 is 1.14 bits per heavy atom. The number of allylic oxidation sites excluding steroid dienone is 1. The molecule has 1 heterocycles. The first-order chi connectivity index (χ1) is 16.2. The quantitative estimate of drug-likeness (QED) is 0.261. The van der Waals surface area contributed by atoms with Gasteiger partial charge in [0, 0.05) is 17.5 Å². The third-order valence-corrected chi connectivity index (χ3v) is 7.28. The third-order valence-electron chi connectivity index (χ3n) is 6.30. The van der Waals surface area contributed by atoms with Crippen molar-refractivity contribution < 1.29 is 9.53 Å². The lowest BCUT2D eigenvalue weighted by Crippen LogP contribution is -2.43. The molecule has 0 N–H and O–H groups in total. The van der Waals surface area contributed by atoms with Crippen LogP contribution in [0.5, 0.6) is 5.75 Å². The Morgan fingerprint density at radius 2 is 1.80 bits per heavy atom. The van der Waals surface area contributed by atoms with Crippen LogP contribution >= 0.6 is 11.3 Å². The van der Waals surface area contributed by atoms with Crippen molar-refractivity contribution in [1.29, 1.82) is 0 Å². The fourth-order valence-corrected chi connectivity index (χ4v) is 4.44. The van der Waals surface area contributed by atoms with E-state index >= 15 is 0 Å². The van der Waals surface area contributed by atoms with E-state index in [0.29, 0.717) is 11.6 Å². The smallest absolute Gasteiger partial charge is 0.272 e. The summed E-state index contributed by atoms with van der Waals surface area (Å²) in [5, 5.41) is 2.04. The summed E-state index contributed by atoms with van der Waals surface area (Å²) in [6, 6.07) is 8.52. The molecule has 0 aliphatic rings. The highest BCUT2D eigenvalue weighted by molar-refractivity contribution is 7.12. The molecule has 0 radical (unpaired) electrons. The number of nitrogens with zero attached hydrogens (tertiary/aromatic N) is 2. The standard InChI is InChI=1S/C30H44N2O2S/c1-19(2)25-18-24(22(6)17-26(25)34-20(3)4)15-14-21(5)28(29(33)32(11)30(8,9)10)31-23(7)27-13-12-16-35-27/h12-13,16-20H,14-15H2,1-11H3/b28-21+,31-23?. The van der Waals surface area contributed by atoms with Crippen LogP contribution < -0.4 is 4.74 Å². The first-order valence-electron chi connectivity index (χ1n) is 12.6. The second-order valence-electron chi connectivity index (χ2n) is 11.0. The molecule has 1 aromatic heterocycles. The van der Waals surface area contributed by atoms with Gasteiger partial charge in [-0.25, -0.2) is 4.99 Å². The van der Waals surface area contributed by atoms with Gasteiger partial charge in [0.05, 0.1) is 11.8 Å². The van der Waals surface area contributed by atoms with E-state index in [9.17, 15) is 4.79 Å². The Balaban J connectivity index is 2.44. The fourth-order valence-electron chi connectivity index (χ4n) is 3.76. The highest BCUT2D eigenvalue weighted by atomic mass is 32.1. The topological polar surface area (TPSA) is 41.9 Å². The van der Waals surface area contributed by atoms with Gasteiger partial charge in [-0.05, 0) is 114 Å². The van der Waals surface area contributed by atoms with E-state index in [0.717, 1.165) is 34.8 Å². The Hall–Kier alpha value is -2.40.